The van der Waals surface area contributed by atoms with Crippen molar-refractivity contribution in [3.05, 3.63) is 40.0 Å². The third-order valence-electron chi connectivity index (χ3n) is 3.08. The molecule has 3 rings (SSSR count). The third-order valence-corrected chi connectivity index (χ3v) is 3.57. The van der Waals surface area contributed by atoms with E-state index in [-0.39, 0.29) is 11.6 Å². The Bertz CT molecular complexity index is 651. The van der Waals surface area contributed by atoms with Gasteiger partial charge in [-0.15, -0.1) is 0 Å². The number of anilines is 1. The molecule has 18 heavy (non-hydrogen) atoms. The first kappa shape index (κ1) is 11.2. The summed E-state index contributed by atoms with van der Waals surface area (Å²) >= 11 is 3.34. The number of nitrogens with one attached hydrogen (secondary N) is 1. The normalized spacial score (nSPS) is 24.1. The molecule has 2 aliphatic rings. The molecule has 2 aliphatic heterocycles. The van der Waals surface area contributed by atoms with Crippen molar-refractivity contribution in [1.29, 1.82) is 0 Å². The number of nitrogens with two attached hydrogens (primary N) is 1. The summed E-state index contributed by atoms with van der Waals surface area (Å²) in [6.07, 6.45) is 2.96. The van der Waals surface area contributed by atoms with E-state index in [4.69, 9.17) is 5.73 Å². The van der Waals surface area contributed by atoms with Gasteiger partial charge in [-0.05, 0) is 18.2 Å². The van der Waals surface area contributed by atoms with E-state index >= 15 is 0 Å². The number of hydrogen-bond donors (Lipinski definition) is 2. The van der Waals surface area contributed by atoms with E-state index in [2.05, 4.69) is 26.2 Å². The van der Waals surface area contributed by atoms with Crippen molar-refractivity contribution in [3.8, 4) is 0 Å². The Morgan fingerprint density at radius 2 is 2.22 bits per heavy atom. The van der Waals surface area contributed by atoms with Gasteiger partial charge < -0.3 is 11.1 Å². The van der Waals surface area contributed by atoms with Crippen LogP contribution in [0.15, 0.2) is 39.4 Å². The first-order chi connectivity index (χ1) is 8.53. The first-order valence-corrected chi connectivity index (χ1v) is 6.01. The lowest BCUT2D eigenvalue weighted by Gasteiger charge is -2.14. The minimum absolute atomic E-state index is 0.112. The molecular formula is C12H8BrN3O2. The quantitative estimate of drug-likeness (QED) is 0.814. The molecule has 0 aromatic heterocycles. The van der Waals surface area contributed by atoms with Crippen LogP contribution in [0.25, 0.3) is 0 Å². The van der Waals surface area contributed by atoms with E-state index in [1.807, 2.05) is 18.2 Å². The summed E-state index contributed by atoms with van der Waals surface area (Å²) in [5.41, 5.74) is 5.78. The Balaban J connectivity index is 2.19. The highest BCUT2D eigenvalue weighted by Crippen LogP contribution is 2.41. The van der Waals surface area contributed by atoms with Gasteiger partial charge in [-0.2, -0.15) is 0 Å². The molecule has 2 amide bonds. The highest BCUT2D eigenvalue weighted by Gasteiger charge is 2.47. The van der Waals surface area contributed by atoms with Crippen molar-refractivity contribution >= 4 is 39.6 Å². The zero-order valence-corrected chi connectivity index (χ0v) is 10.7. The fourth-order valence-corrected chi connectivity index (χ4v) is 2.56. The predicted octanol–water partition coefficient (Wildman–Crippen LogP) is 1.09. The van der Waals surface area contributed by atoms with Crippen LogP contribution in [0.3, 0.4) is 0 Å². The van der Waals surface area contributed by atoms with Gasteiger partial charge in [0.25, 0.3) is 5.91 Å². The Labute approximate surface area is 111 Å². The minimum atomic E-state index is -1.000. The number of rotatable bonds is 1. The summed E-state index contributed by atoms with van der Waals surface area (Å²) in [6.45, 7) is 0. The van der Waals surface area contributed by atoms with Gasteiger partial charge in [-0.1, -0.05) is 22.0 Å². The standard InChI is InChI=1S/C12H8BrN3O2/c13-6-1-2-7-8(3-6)16-11(18)12(7)4-9(10(14)17)15-5-12/h1-5H,(H2,14,17)(H,16,18)/t12-/m0/s1. The van der Waals surface area contributed by atoms with Gasteiger partial charge in [0.15, 0.2) is 0 Å². The molecule has 0 unspecified atom stereocenters. The maximum atomic E-state index is 12.1. The van der Waals surface area contributed by atoms with Crippen LogP contribution >= 0.6 is 15.9 Å². The average Bonchev–Trinajstić information content (AvgIpc) is 2.84. The van der Waals surface area contributed by atoms with E-state index in [0.717, 1.165) is 10.0 Å². The lowest BCUT2D eigenvalue weighted by molar-refractivity contribution is -0.117. The van der Waals surface area contributed by atoms with Gasteiger partial charge in [-0.25, -0.2) is 0 Å². The Morgan fingerprint density at radius 1 is 1.44 bits per heavy atom. The first-order valence-electron chi connectivity index (χ1n) is 5.22. The molecule has 1 atom stereocenters. The van der Waals surface area contributed by atoms with Gasteiger partial charge in [0.1, 0.15) is 11.1 Å². The third kappa shape index (κ3) is 1.35. The van der Waals surface area contributed by atoms with E-state index in [9.17, 15) is 9.59 Å². The summed E-state index contributed by atoms with van der Waals surface area (Å²) < 4.78 is 0.868. The van der Waals surface area contributed by atoms with Gasteiger partial charge in [-0.3, -0.25) is 14.6 Å². The molecule has 0 saturated carbocycles. The fourth-order valence-electron chi connectivity index (χ4n) is 2.20. The molecule has 0 radical (unpaired) electrons. The SMILES string of the molecule is NC(=O)C1=C[C@@]2(C=N1)C(=O)Nc1cc(Br)ccc12. The van der Waals surface area contributed by atoms with Crippen molar-refractivity contribution in [3.63, 3.8) is 0 Å². The number of benzene rings is 1. The van der Waals surface area contributed by atoms with Crippen LogP contribution in [-0.2, 0) is 15.0 Å². The number of nitrogens with zero attached hydrogens (tertiary/aromatic N) is 1. The van der Waals surface area contributed by atoms with Crippen LogP contribution in [0.5, 0.6) is 0 Å². The zero-order chi connectivity index (χ0) is 12.9. The second-order valence-corrected chi connectivity index (χ2v) is 5.08. The van der Waals surface area contributed by atoms with Crippen LogP contribution in [0.1, 0.15) is 5.56 Å². The number of carbonyl (C=O) groups is 2. The molecule has 0 aliphatic carbocycles. The largest absolute Gasteiger partial charge is 0.364 e. The number of carbonyl (C=O) groups excluding carboxylic acids is 2. The van der Waals surface area contributed by atoms with E-state index in [1.54, 1.807) is 0 Å². The second-order valence-electron chi connectivity index (χ2n) is 4.17. The maximum absolute atomic E-state index is 12.1. The van der Waals surface area contributed by atoms with Gasteiger partial charge >= 0.3 is 0 Å². The van der Waals surface area contributed by atoms with E-state index < -0.39 is 11.3 Å². The van der Waals surface area contributed by atoms with Gasteiger partial charge in [0, 0.05) is 21.9 Å². The van der Waals surface area contributed by atoms with Gasteiger partial charge in [0.2, 0.25) is 5.91 Å². The summed E-state index contributed by atoms with van der Waals surface area (Å²) in [5.74, 6) is -0.864. The lowest BCUT2D eigenvalue weighted by Crippen LogP contribution is -2.32. The highest BCUT2D eigenvalue weighted by molar-refractivity contribution is 9.10. The Hall–Kier alpha value is -1.95. The van der Waals surface area contributed by atoms with Crippen molar-refractivity contribution in [2.45, 2.75) is 5.41 Å². The predicted molar refractivity (Wildman–Crippen MR) is 70.2 cm³/mol. The number of primary amides is 1. The van der Waals surface area contributed by atoms with Crippen molar-refractivity contribution in [2.75, 3.05) is 5.32 Å². The Kier molecular flexibility index (Phi) is 2.18. The number of fused-ring (bicyclic) bond motifs is 2. The Morgan fingerprint density at radius 3 is 2.89 bits per heavy atom. The molecule has 0 saturated heterocycles. The van der Waals surface area contributed by atoms with Crippen LogP contribution in [0, 0.1) is 0 Å². The zero-order valence-electron chi connectivity index (χ0n) is 9.11. The number of aliphatic imine (C=N–C) groups is 1. The molecule has 3 N–H and O–H groups in total. The average molecular weight is 306 g/mol. The fraction of sp³-hybridized carbons (Fsp3) is 0.0833. The van der Waals surface area contributed by atoms with E-state index in [1.165, 1.54) is 12.3 Å². The summed E-state index contributed by atoms with van der Waals surface area (Å²) in [7, 11) is 0. The molecular weight excluding hydrogens is 298 g/mol. The van der Waals surface area contributed by atoms with Crippen molar-refractivity contribution in [1.82, 2.24) is 0 Å². The molecule has 1 spiro atoms. The summed E-state index contributed by atoms with van der Waals surface area (Å²) in [4.78, 5) is 27.2. The second kappa shape index (κ2) is 3.52. The number of halogens is 1. The summed E-state index contributed by atoms with van der Waals surface area (Å²) in [6, 6.07) is 5.47. The molecule has 2 heterocycles. The van der Waals surface area contributed by atoms with Crippen LogP contribution < -0.4 is 11.1 Å². The number of hydrogen-bond acceptors (Lipinski definition) is 3. The molecule has 6 heteroatoms. The van der Waals surface area contributed by atoms with E-state index in [0.29, 0.717) is 5.69 Å². The maximum Gasteiger partial charge on any atom is 0.267 e. The topological polar surface area (TPSA) is 84.6 Å². The molecule has 0 fully saturated rings. The molecule has 1 aromatic carbocycles. The highest BCUT2D eigenvalue weighted by atomic mass is 79.9. The molecule has 5 nitrogen and oxygen atoms in total. The molecule has 0 bridgehead atoms. The van der Waals surface area contributed by atoms with Crippen LogP contribution in [0.4, 0.5) is 5.69 Å². The monoisotopic (exact) mass is 305 g/mol. The molecule has 90 valence electrons. The smallest absolute Gasteiger partial charge is 0.267 e. The summed E-state index contributed by atoms with van der Waals surface area (Å²) in [5, 5.41) is 2.77. The number of amides is 2. The van der Waals surface area contributed by atoms with Crippen LogP contribution in [0.2, 0.25) is 0 Å². The van der Waals surface area contributed by atoms with Crippen LogP contribution in [-0.4, -0.2) is 18.0 Å². The van der Waals surface area contributed by atoms with Crippen molar-refractivity contribution in [2.24, 2.45) is 10.7 Å². The molecule has 1 aromatic rings. The lowest BCUT2D eigenvalue weighted by atomic mass is 9.83. The van der Waals surface area contributed by atoms with Crippen molar-refractivity contribution < 1.29 is 9.59 Å². The minimum Gasteiger partial charge on any atom is -0.364 e. The van der Waals surface area contributed by atoms with Gasteiger partial charge in [0.05, 0.1) is 0 Å².